The van der Waals surface area contributed by atoms with E-state index in [9.17, 15) is 0 Å². The number of aromatic nitrogens is 6. The molecule has 0 saturated heterocycles. The number of aryl methyl sites for hydroxylation is 2. The molecule has 8 heteroatoms. The van der Waals surface area contributed by atoms with Gasteiger partial charge < -0.3 is 9.30 Å². The highest BCUT2D eigenvalue weighted by Gasteiger charge is 2.09. The maximum atomic E-state index is 5.09. The van der Waals surface area contributed by atoms with Crippen LogP contribution in [0.1, 0.15) is 17.1 Å². The van der Waals surface area contributed by atoms with Crippen molar-refractivity contribution in [3.63, 3.8) is 0 Å². The van der Waals surface area contributed by atoms with Crippen LogP contribution in [-0.4, -0.2) is 42.8 Å². The topological polar surface area (TPSA) is 70.1 Å². The molecule has 3 heterocycles. The van der Waals surface area contributed by atoms with E-state index in [1.54, 1.807) is 25.2 Å². The molecule has 3 aromatic heterocycles. The average molecular weight is 318 g/mol. The second-order valence-corrected chi connectivity index (χ2v) is 5.97. The third-order valence-electron chi connectivity index (χ3n) is 3.28. The summed E-state index contributed by atoms with van der Waals surface area (Å²) in [6, 6.07) is 2.05. The Balaban J connectivity index is 1.74. The number of ether oxygens (including phenoxy) is 1. The molecule has 0 radical (unpaired) electrons. The molecule has 3 aromatic rings. The highest BCUT2D eigenvalue weighted by Crippen LogP contribution is 2.20. The normalized spacial score (nSPS) is 11.4. The molecule has 0 saturated carbocycles. The Hall–Kier alpha value is -1.93. The van der Waals surface area contributed by atoms with E-state index in [1.807, 2.05) is 28.2 Å². The van der Waals surface area contributed by atoms with Crippen molar-refractivity contribution in [3.8, 4) is 0 Å². The number of rotatable bonds is 6. The fraction of sp³-hybridized carbons (Fsp3) is 0.429. The molecule has 0 amide bonds. The van der Waals surface area contributed by atoms with Crippen molar-refractivity contribution in [2.45, 2.75) is 31.3 Å². The van der Waals surface area contributed by atoms with Crippen LogP contribution in [0, 0.1) is 13.8 Å². The highest BCUT2D eigenvalue weighted by molar-refractivity contribution is 7.98. The number of hydrogen-bond donors (Lipinski definition) is 0. The molecule has 3 rings (SSSR count). The van der Waals surface area contributed by atoms with E-state index in [1.165, 1.54) is 0 Å². The largest absolute Gasteiger partial charge is 0.383 e. The van der Waals surface area contributed by atoms with E-state index < -0.39 is 0 Å². The minimum absolute atomic E-state index is 0.641. The first-order chi connectivity index (χ1) is 10.7. The lowest BCUT2D eigenvalue weighted by molar-refractivity contribution is 0.184. The summed E-state index contributed by atoms with van der Waals surface area (Å²) >= 11 is 1.61. The zero-order valence-corrected chi connectivity index (χ0v) is 13.7. The molecule has 22 heavy (non-hydrogen) atoms. The van der Waals surface area contributed by atoms with Crippen LogP contribution in [-0.2, 0) is 17.0 Å². The number of fused-ring (bicyclic) bond motifs is 1. The maximum absolute atomic E-state index is 5.09. The monoisotopic (exact) mass is 318 g/mol. The summed E-state index contributed by atoms with van der Waals surface area (Å²) in [5, 5.41) is 8.96. The molecule has 0 bridgehead atoms. The van der Waals surface area contributed by atoms with Gasteiger partial charge >= 0.3 is 0 Å². The molecule has 0 spiro atoms. The molecule has 0 aromatic carbocycles. The third kappa shape index (κ3) is 3.12. The van der Waals surface area contributed by atoms with Crippen LogP contribution in [0.25, 0.3) is 5.78 Å². The van der Waals surface area contributed by atoms with Gasteiger partial charge in [0.15, 0.2) is 5.16 Å². The number of nitrogens with zero attached hydrogens (tertiary/aromatic N) is 6. The van der Waals surface area contributed by atoms with E-state index in [2.05, 4.69) is 27.1 Å². The van der Waals surface area contributed by atoms with Crippen LogP contribution >= 0.6 is 11.8 Å². The molecule has 0 N–H and O–H groups in total. The van der Waals surface area contributed by atoms with Gasteiger partial charge in [0.1, 0.15) is 6.33 Å². The number of imidazole rings is 1. The van der Waals surface area contributed by atoms with Crippen molar-refractivity contribution in [3.05, 3.63) is 35.7 Å². The Kier molecular flexibility index (Phi) is 4.39. The molecular weight excluding hydrogens is 300 g/mol. The molecule has 0 atom stereocenters. The Bertz CT molecular complexity index is 781. The van der Waals surface area contributed by atoms with E-state index in [-0.39, 0.29) is 0 Å². The Labute approximate surface area is 132 Å². The summed E-state index contributed by atoms with van der Waals surface area (Å²) in [6.07, 6.45) is 3.75. The van der Waals surface area contributed by atoms with E-state index in [4.69, 9.17) is 4.74 Å². The lowest BCUT2D eigenvalue weighted by atomic mass is 10.3. The second-order valence-electron chi connectivity index (χ2n) is 5.03. The fourth-order valence-corrected chi connectivity index (χ4v) is 3.05. The van der Waals surface area contributed by atoms with E-state index >= 15 is 0 Å². The van der Waals surface area contributed by atoms with Crippen LogP contribution in [0.15, 0.2) is 23.7 Å². The predicted molar refractivity (Wildman–Crippen MR) is 83.9 cm³/mol. The van der Waals surface area contributed by atoms with Gasteiger partial charge in [-0.1, -0.05) is 11.8 Å². The summed E-state index contributed by atoms with van der Waals surface area (Å²) < 4.78 is 9.08. The molecular formula is C14H18N6OS. The van der Waals surface area contributed by atoms with Gasteiger partial charge in [0.05, 0.1) is 12.3 Å². The lowest BCUT2D eigenvalue weighted by Gasteiger charge is -2.04. The van der Waals surface area contributed by atoms with Gasteiger partial charge in [-0.15, -0.1) is 10.2 Å². The summed E-state index contributed by atoms with van der Waals surface area (Å²) in [4.78, 5) is 9.03. The van der Waals surface area contributed by atoms with Crippen LogP contribution in [0.5, 0.6) is 0 Å². The average Bonchev–Trinajstić information content (AvgIpc) is 3.09. The molecule has 7 nitrogen and oxygen atoms in total. The van der Waals surface area contributed by atoms with Gasteiger partial charge in [0, 0.05) is 37.0 Å². The molecule has 116 valence electrons. The van der Waals surface area contributed by atoms with Crippen LogP contribution in [0.4, 0.5) is 0 Å². The minimum Gasteiger partial charge on any atom is -0.383 e. The molecule has 0 unspecified atom stereocenters. The number of methoxy groups -OCH3 is 1. The summed E-state index contributed by atoms with van der Waals surface area (Å²) in [6.45, 7) is 5.43. The molecule has 0 aliphatic carbocycles. The van der Waals surface area contributed by atoms with Gasteiger partial charge in [-0.25, -0.2) is 9.97 Å². The standard InChI is InChI=1S/C14H18N6OS/c1-10-6-11(2)20-7-12(17-13(20)16-10)8-22-14-18-15-9-19(14)4-5-21-3/h6-7,9H,4-5,8H2,1-3H3. The molecule has 0 aliphatic heterocycles. The van der Waals surface area contributed by atoms with E-state index in [0.29, 0.717) is 6.61 Å². The maximum Gasteiger partial charge on any atom is 0.234 e. The number of hydrogen-bond acceptors (Lipinski definition) is 6. The van der Waals surface area contributed by atoms with Crippen molar-refractivity contribution in [2.75, 3.05) is 13.7 Å². The van der Waals surface area contributed by atoms with Gasteiger partial charge in [-0.2, -0.15) is 0 Å². The van der Waals surface area contributed by atoms with Gasteiger partial charge in [-0.3, -0.25) is 4.40 Å². The van der Waals surface area contributed by atoms with Crippen molar-refractivity contribution in [2.24, 2.45) is 0 Å². The van der Waals surface area contributed by atoms with Gasteiger partial charge in [0.25, 0.3) is 0 Å². The Morgan fingerprint density at radius 3 is 2.95 bits per heavy atom. The van der Waals surface area contributed by atoms with Crippen LogP contribution < -0.4 is 0 Å². The minimum atomic E-state index is 0.641. The van der Waals surface area contributed by atoms with Crippen LogP contribution in [0.3, 0.4) is 0 Å². The van der Waals surface area contributed by atoms with Crippen molar-refractivity contribution in [1.29, 1.82) is 0 Å². The van der Waals surface area contributed by atoms with Crippen LogP contribution in [0.2, 0.25) is 0 Å². The summed E-state index contributed by atoms with van der Waals surface area (Å²) in [7, 11) is 1.69. The first-order valence-electron chi connectivity index (χ1n) is 6.99. The van der Waals surface area contributed by atoms with Crippen molar-refractivity contribution < 1.29 is 4.74 Å². The van der Waals surface area contributed by atoms with E-state index in [0.717, 1.165) is 40.3 Å². The summed E-state index contributed by atoms with van der Waals surface area (Å²) in [5.74, 6) is 1.47. The van der Waals surface area contributed by atoms with Crippen molar-refractivity contribution in [1.82, 2.24) is 29.1 Å². The number of thioether (sulfide) groups is 1. The van der Waals surface area contributed by atoms with Gasteiger partial charge in [0.2, 0.25) is 5.78 Å². The Morgan fingerprint density at radius 2 is 2.14 bits per heavy atom. The third-order valence-corrected chi connectivity index (χ3v) is 4.29. The molecule has 0 fully saturated rings. The zero-order chi connectivity index (χ0) is 15.5. The highest BCUT2D eigenvalue weighted by atomic mass is 32.2. The fourth-order valence-electron chi connectivity index (χ4n) is 2.23. The predicted octanol–water partition coefficient (Wildman–Crippen LogP) is 1.88. The van der Waals surface area contributed by atoms with Crippen molar-refractivity contribution >= 4 is 17.5 Å². The van der Waals surface area contributed by atoms with Gasteiger partial charge in [-0.05, 0) is 19.9 Å². The zero-order valence-electron chi connectivity index (χ0n) is 12.9. The SMILES string of the molecule is COCCn1cnnc1SCc1cn2c(C)cc(C)nc2n1. The summed E-state index contributed by atoms with van der Waals surface area (Å²) in [5.41, 5.74) is 3.09. The first-order valence-corrected chi connectivity index (χ1v) is 7.97. The smallest absolute Gasteiger partial charge is 0.234 e. The molecule has 0 aliphatic rings. The second kappa shape index (κ2) is 6.45. The quantitative estimate of drug-likeness (QED) is 0.646. The Morgan fingerprint density at radius 1 is 1.27 bits per heavy atom. The first kappa shape index (κ1) is 15.0. The lowest BCUT2D eigenvalue weighted by Crippen LogP contribution is -2.04.